The van der Waals surface area contributed by atoms with Gasteiger partial charge in [0, 0.05) is 24.5 Å². The number of benzene rings is 1. The third-order valence-electron chi connectivity index (χ3n) is 2.69. The summed E-state index contributed by atoms with van der Waals surface area (Å²) in [7, 11) is 0. The number of halogens is 2. The Balaban J connectivity index is 2.77. The lowest BCUT2D eigenvalue weighted by molar-refractivity contribution is 0.433. The molecule has 4 heteroatoms. The number of nitrogens with two attached hydrogens (primary N) is 1. The van der Waals surface area contributed by atoms with Crippen LogP contribution < -0.4 is 11.1 Å². The van der Waals surface area contributed by atoms with Gasteiger partial charge in [0.1, 0.15) is 11.6 Å². The van der Waals surface area contributed by atoms with Crippen LogP contribution in [0.15, 0.2) is 18.2 Å². The van der Waals surface area contributed by atoms with Gasteiger partial charge in [-0.3, -0.25) is 0 Å². The quantitative estimate of drug-likeness (QED) is 0.830. The molecule has 3 N–H and O–H groups in total. The lowest BCUT2D eigenvalue weighted by Crippen LogP contribution is -2.39. The Labute approximate surface area is 101 Å². The summed E-state index contributed by atoms with van der Waals surface area (Å²) >= 11 is 0. The lowest BCUT2D eigenvalue weighted by Gasteiger charge is -2.26. The minimum absolute atomic E-state index is 0.0446. The van der Waals surface area contributed by atoms with E-state index in [1.54, 1.807) is 0 Å². The molecule has 96 valence electrons. The molecule has 0 aromatic heterocycles. The molecule has 1 unspecified atom stereocenters. The van der Waals surface area contributed by atoms with Crippen LogP contribution in [0.4, 0.5) is 8.78 Å². The molecule has 1 aromatic rings. The van der Waals surface area contributed by atoms with Crippen molar-refractivity contribution >= 4 is 0 Å². The van der Waals surface area contributed by atoms with Gasteiger partial charge in [0.25, 0.3) is 0 Å². The summed E-state index contributed by atoms with van der Waals surface area (Å²) in [5, 5.41) is 3.16. The van der Waals surface area contributed by atoms with Crippen molar-refractivity contribution in [2.24, 2.45) is 5.73 Å². The van der Waals surface area contributed by atoms with Crippen LogP contribution in [0.3, 0.4) is 0 Å². The van der Waals surface area contributed by atoms with Crippen molar-refractivity contribution in [2.75, 3.05) is 13.1 Å². The van der Waals surface area contributed by atoms with Crippen LogP contribution in [0.5, 0.6) is 0 Å². The van der Waals surface area contributed by atoms with Crippen molar-refractivity contribution in [3.8, 4) is 0 Å². The monoisotopic (exact) mass is 242 g/mol. The summed E-state index contributed by atoms with van der Waals surface area (Å²) in [6, 6.07) is 3.59. The van der Waals surface area contributed by atoms with E-state index in [0.717, 1.165) is 12.1 Å². The van der Waals surface area contributed by atoms with E-state index < -0.39 is 11.2 Å². The van der Waals surface area contributed by atoms with E-state index in [-0.39, 0.29) is 11.9 Å². The fourth-order valence-electron chi connectivity index (χ4n) is 1.72. The van der Waals surface area contributed by atoms with Crippen LogP contribution in [-0.4, -0.2) is 19.1 Å². The van der Waals surface area contributed by atoms with Crippen molar-refractivity contribution in [2.45, 2.75) is 32.2 Å². The highest BCUT2D eigenvalue weighted by Crippen LogP contribution is 2.25. The summed E-state index contributed by atoms with van der Waals surface area (Å²) in [6.45, 7) is 6.84. The molecule has 0 fully saturated rings. The Morgan fingerprint density at radius 2 is 2.00 bits per heavy atom. The number of hydrogen-bond acceptors (Lipinski definition) is 2. The number of nitrogens with one attached hydrogen (secondary N) is 1. The molecule has 1 aromatic carbocycles. The molecule has 0 radical (unpaired) electrons. The molecule has 0 aliphatic heterocycles. The molecule has 0 saturated carbocycles. The molecule has 0 saturated heterocycles. The minimum atomic E-state index is -0.471. The third kappa shape index (κ3) is 4.06. The molecular formula is C13H20F2N2. The molecule has 0 amide bonds. The first-order valence-corrected chi connectivity index (χ1v) is 5.75. The van der Waals surface area contributed by atoms with Crippen LogP contribution in [0, 0.1) is 11.6 Å². The molecule has 0 aliphatic rings. The van der Waals surface area contributed by atoms with Gasteiger partial charge >= 0.3 is 0 Å². The highest BCUT2D eigenvalue weighted by molar-refractivity contribution is 5.26. The van der Waals surface area contributed by atoms with Crippen molar-refractivity contribution in [1.29, 1.82) is 0 Å². The standard InChI is InChI=1S/C13H20F2N2/c1-9(16)7-17-8-13(2,3)11-6-10(14)4-5-12(11)15/h4-6,9,17H,7-8,16H2,1-3H3. The topological polar surface area (TPSA) is 38.0 Å². The molecule has 0 aliphatic carbocycles. The van der Waals surface area contributed by atoms with E-state index in [9.17, 15) is 8.78 Å². The smallest absolute Gasteiger partial charge is 0.127 e. The fraction of sp³-hybridized carbons (Fsp3) is 0.538. The molecule has 17 heavy (non-hydrogen) atoms. The van der Waals surface area contributed by atoms with Crippen molar-refractivity contribution in [1.82, 2.24) is 5.32 Å². The predicted molar refractivity (Wildman–Crippen MR) is 65.9 cm³/mol. The largest absolute Gasteiger partial charge is 0.327 e. The first-order chi connectivity index (χ1) is 7.83. The number of rotatable bonds is 5. The summed E-state index contributed by atoms with van der Waals surface area (Å²) in [5.74, 6) is -0.791. The van der Waals surface area contributed by atoms with Crippen molar-refractivity contribution in [3.63, 3.8) is 0 Å². The zero-order valence-electron chi connectivity index (χ0n) is 10.6. The molecule has 1 rings (SSSR count). The highest BCUT2D eigenvalue weighted by Gasteiger charge is 2.24. The molecule has 2 nitrogen and oxygen atoms in total. The predicted octanol–water partition coefficient (Wildman–Crippen LogP) is 2.18. The van der Waals surface area contributed by atoms with E-state index in [1.807, 2.05) is 20.8 Å². The summed E-state index contributed by atoms with van der Waals surface area (Å²) in [6.07, 6.45) is 0. The second-order valence-electron chi connectivity index (χ2n) is 5.12. The van der Waals surface area contributed by atoms with Gasteiger partial charge < -0.3 is 11.1 Å². The van der Waals surface area contributed by atoms with Gasteiger partial charge in [0.05, 0.1) is 0 Å². The Bertz CT molecular complexity index is 376. The SMILES string of the molecule is CC(N)CNCC(C)(C)c1cc(F)ccc1F. The van der Waals surface area contributed by atoms with E-state index in [1.165, 1.54) is 6.07 Å². The van der Waals surface area contributed by atoms with Gasteiger partial charge in [-0.25, -0.2) is 8.78 Å². The summed E-state index contributed by atoms with van der Waals surface area (Å²) in [5.41, 5.74) is 5.53. The van der Waals surface area contributed by atoms with Gasteiger partial charge in [-0.15, -0.1) is 0 Å². The van der Waals surface area contributed by atoms with Crippen LogP contribution in [0.1, 0.15) is 26.3 Å². The Morgan fingerprint density at radius 1 is 1.35 bits per heavy atom. The molecule has 0 heterocycles. The van der Waals surface area contributed by atoms with E-state index >= 15 is 0 Å². The Kier molecular flexibility index (Phi) is 4.60. The fourth-order valence-corrected chi connectivity index (χ4v) is 1.72. The normalized spacial score (nSPS) is 13.8. The Morgan fingerprint density at radius 3 is 2.59 bits per heavy atom. The molecule has 0 spiro atoms. The van der Waals surface area contributed by atoms with E-state index in [4.69, 9.17) is 5.73 Å². The lowest BCUT2D eigenvalue weighted by atomic mass is 9.84. The molecule has 0 bridgehead atoms. The van der Waals surface area contributed by atoms with Gasteiger partial charge in [-0.2, -0.15) is 0 Å². The van der Waals surface area contributed by atoms with E-state index in [2.05, 4.69) is 5.32 Å². The number of hydrogen-bond donors (Lipinski definition) is 2. The van der Waals surface area contributed by atoms with E-state index in [0.29, 0.717) is 18.7 Å². The molecule has 1 atom stereocenters. The average Bonchev–Trinajstić information content (AvgIpc) is 2.20. The minimum Gasteiger partial charge on any atom is -0.327 e. The summed E-state index contributed by atoms with van der Waals surface area (Å²) in [4.78, 5) is 0. The van der Waals surface area contributed by atoms with Gasteiger partial charge in [-0.1, -0.05) is 13.8 Å². The zero-order valence-corrected chi connectivity index (χ0v) is 10.6. The van der Waals surface area contributed by atoms with Crippen LogP contribution in [0.2, 0.25) is 0 Å². The maximum atomic E-state index is 13.6. The summed E-state index contributed by atoms with van der Waals surface area (Å²) < 4.78 is 26.8. The average molecular weight is 242 g/mol. The molecular weight excluding hydrogens is 222 g/mol. The van der Waals surface area contributed by atoms with Crippen LogP contribution >= 0.6 is 0 Å². The van der Waals surface area contributed by atoms with Gasteiger partial charge in [-0.05, 0) is 30.7 Å². The second kappa shape index (κ2) is 5.56. The highest BCUT2D eigenvalue weighted by atomic mass is 19.1. The van der Waals surface area contributed by atoms with Crippen molar-refractivity contribution < 1.29 is 8.78 Å². The maximum absolute atomic E-state index is 13.6. The second-order valence-corrected chi connectivity index (χ2v) is 5.12. The van der Waals surface area contributed by atoms with Crippen LogP contribution in [-0.2, 0) is 5.41 Å². The zero-order chi connectivity index (χ0) is 13.1. The maximum Gasteiger partial charge on any atom is 0.127 e. The Hall–Kier alpha value is -1.00. The van der Waals surface area contributed by atoms with Crippen molar-refractivity contribution in [3.05, 3.63) is 35.4 Å². The first kappa shape index (κ1) is 14.1. The van der Waals surface area contributed by atoms with Crippen LogP contribution in [0.25, 0.3) is 0 Å². The third-order valence-corrected chi connectivity index (χ3v) is 2.69. The first-order valence-electron chi connectivity index (χ1n) is 5.75. The van der Waals surface area contributed by atoms with Gasteiger partial charge in [0.15, 0.2) is 0 Å². The van der Waals surface area contributed by atoms with Gasteiger partial charge in [0.2, 0.25) is 0 Å².